The molecule has 0 aliphatic carbocycles. The van der Waals surface area contributed by atoms with Crippen LogP contribution in [0.3, 0.4) is 0 Å². The predicted molar refractivity (Wildman–Crippen MR) is 147 cm³/mol. The minimum atomic E-state index is -3.63. The summed E-state index contributed by atoms with van der Waals surface area (Å²) in [5, 5.41) is 4.80. The lowest BCUT2D eigenvalue weighted by molar-refractivity contribution is -0.121. The molecule has 5 rings (SSSR count). The normalized spacial score (nSPS) is 20.4. The lowest BCUT2D eigenvalue weighted by atomic mass is 10.0. The van der Waals surface area contributed by atoms with E-state index in [1.54, 1.807) is 40.3 Å². The van der Waals surface area contributed by atoms with E-state index in [2.05, 4.69) is 6.92 Å². The number of aromatic nitrogens is 2. The third-order valence-electron chi connectivity index (χ3n) is 6.40. The Hall–Kier alpha value is -2.79. The second-order valence-corrected chi connectivity index (χ2v) is 12.7. The van der Waals surface area contributed by atoms with Crippen molar-refractivity contribution in [1.82, 2.24) is 19.0 Å². The van der Waals surface area contributed by atoms with Crippen LogP contribution in [-0.2, 0) is 14.8 Å². The second-order valence-electron chi connectivity index (χ2n) is 9.09. The number of sulfonamides is 1. The molecule has 2 aliphatic rings. The topological polar surface area (TPSA) is 75.5 Å². The van der Waals surface area contributed by atoms with Crippen molar-refractivity contribution >= 4 is 50.3 Å². The molecule has 3 heterocycles. The van der Waals surface area contributed by atoms with Gasteiger partial charge in [-0.15, -0.1) is 0 Å². The molecule has 1 amide bonds. The molecule has 2 aliphatic heterocycles. The van der Waals surface area contributed by atoms with Crippen molar-refractivity contribution < 1.29 is 13.2 Å². The van der Waals surface area contributed by atoms with Crippen LogP contribution in [-0.4, -0.2) is 57.8 Å². The molecular formula is C26H26N4O3S3. The first-order valence-electron chi connectivity index (χ1n) is 11.7. The number of carbonyl (C=O) groups excluding carboxylic acids is 1. The standard InChI is InChI=1S/C26H26N4O3S3/c1-18-8-7-13-29(16-18)36(32,33)22-12-6-9-19(14-22)24-20(15-23-25(31)28(2)26(34)35-23)17-30(27-24)21-10-4-3-5-11-21/h3-6,9-12,14-15,17-18H,7-8,13,16H2,1-2H3/b23-15-/t18-/m0/s1. The van der Waals surface area contributed by atoms with Crippen molar-refractivity contribution in [2.45, 2.75) is 24.7 Å². The van der Waals surface area contributed by atoms with Crippen LogP contribution in [0.5, 0.6) is 0 Å². The maximum atomic E-state index is 13.4. The van der Waals surface area contributed by atoms with E-state index in [0.29, 0.717) is 45.1 Å². The third-order valence-corrected chi connectivity index (χ3v) is 9.75. The molecule has 10 heteroatoms. The summed E-state index contributed by atoms with van der Waals surface area (Å²) in [5.74, 6) is 0.168. The first-order valence-corrected chi connectivity index (χ1v) is 14.4. The zero-order chi connectivity index (χ0) is 25.4. The average Bonchev–Trinajstić information content (AvgIpc) is 3.41. The number of amides is 1. The Bertz CT molecular complexity index is 1460. The Morgan fingerprint density at radius 2 is 1.92 bits per heavy atom. The fourth-order valence-corrected chi connectivity index (χ4v) is 7.25. The summed E-state index contributed by atoms with van der Waals surface area (Å²) in [4.78, 5) is 14.9. The van der Waals surface area contributed by atoms with Crippen molar-refractivity contribution in [1.29, 1.82) is 0 Å². The van der Waals surface area contributed by atoms with E-state index in [1.165, 1.54) is 16.7 Å². The molecule has 0 radical (unpaired) electrons. The number of rotatable bonds is 5. The number of para-hydroxylation sites is 1. The molecule has 36 heavy (non-hydrogen) atoms. The van der Waals surface area contributed by atoms with Gasteiger partial charge in [-0.05, 0) is 49.1 Å². The van der Waals surface area contributed by atoms with E-state index < -0.39 is 10.0 Å². The summed E-state index contributed by atoms with van der Waals surface area (Å²) in [5.41, 5.74) is 2.81. The maximum Gasteiger partial charge on any atom is 0.265 e. The van der Waals surface area contributed by atoms with Gasteiger partial charge < -0.3 is 0 Å². The van der Waals surface area contributed by atoms with Crippen molar-refractivity contribution in [3.63, 3.8) is 0 Å². The fraction of sp³-hybridized carbons (Fsp3) is 0.269. The smallest absolute Gasteiger partial charge is 0.265 e. The Morgan fingerprint density at radius 3 is 2.61 bits per heavy atom. The van der Waals surface area contributed by atoms with E-state index in [0.717, 1.165) is 18.5 Å². The van der Waals surface area contributed by atoms with Crippen LogP contribution in [0.15, 0.2) is 70.6 Å². The van der Waals surface area contributed by atoms with Gasteiger partial charge in [0, 0.05) is 37.5 Å². The van der Waals surface area contributed by atoms with Crippen LogP contribution >= 0.6 is 24.0 Å². The van der Waals surface area contributed by atoms with Gasteiger partial charge in [0.2, 0.25) is 10.0 Å². The molecule has 0 spiro atoms. The summed E-state index contributed by atoms with van der Waals surface area (Å²) in [7, 11) is -1.97. The van der Waals surface area contributed by atoms with E-state index in [4.69, 9.17) is 17.3 Å². The largest absolute Gasteiger partial charge is 0.296 e. The summed E-state index contributed by atoms with van der Waals surface area (Å²) in [6, 6.07) is 16.5. The average molecular weight is 539 g/mol. The van der Waals surface area contributed by atoms with Crippen LogP contribution in [0, 0.1) is 5.92 Å². The first kappa shape index (κ1) is 24.9. The van der Waals surface area contributed by atoms with Crippen LogP contribution < -0.4 is 0 Å². The highest BCUT2D eigenvalue weighted by Crippen LogP contribution is 2.35. The molecule has 0 bridgehead atoms. The number of likely N-dealkylation sites (N-methyl/N-ethyl adjacent to an activating group) is 1. The fourth-order valence-electron chi connectivity index (χ4n) is 4.43. The van der Waals surface area contributed by atoms with E-state index in [1.807, 2.05) is 42.6 Å². The number of carbonyl (C=O) groups is 1. The number of benzene rings is 2. The van der Waals surface area contributed by atoms with Gasteiger partial charge in [-0.25, -0.2) is 13.1 Å². The Balaban J connectivity index is 1.59. The lowest BCUT2D eigenvalue weighted by Gasteiger charge is -2.30. The summed E-state index contributed by atoms with van der Waals surface area (Å²) < 4.78 is 30.7. The highest BCUT2D eigenvalue weighted by molar-refractivity contribution is 8.26. The molecule has 2 aromatic carbocycles. The molecule has 2 fully saturated rings. The van der Waals surface area contributed by atoms with Crippen molar-refractivity contribution in [2.75, 3.05) is 20.1 Å². The monoisotopic (exact) mass is 538 g/mol. The highest BCUT2D eigenvalue weighted by Gasteiger charge is 2.31. The molecular weight excluding hydrogens is 513 g/mol. The minimum absolute atomic E-state index is 0.168. The summed E-state index contributed by atoms with van der Waals surface area (Å²) in [6.07, 6.45) is 5.52. The van der Waals surface area contributed by atoms with Gasteiger partial charge in [-0.1, -0.05) is 61.2 Å². The molecule has 0 saturated carbocycles. The highest BCUT2D eigenvalue weighted by atomic mass is 32.2. The summed E-state index contributed by atoms with van der Waals surface area (Å²) >= 11 is 6.52. The zero-order valence-electron chi connectivity index (χ0n) is 20.0. The van der Waals surface area contributed by atoms with Gasteiger partial charge in [0.15, 0.2) is 0 Å². The van der Waals surface area contributed by atoms with Crippen LogP contribution in [0.2, 0.25) is 0 Å². The van der Waals surface area contributed by atoms with E-state index >= 15 is 0 Å². The molecule has 7 nitrogen and oxygen atoms in total. The van der Waals surface area contributed by atoms with Gasteiger partial charge in [0.25, 0.3) is 5.91 Å². The van der Waals surface area contributed by atoms with Gasteiger partial charge in [0.1, 0.15) is 10.0 Å². The third kappa shape index (κ3) is 4.78. The number of hydrogen-bond donors (Lipinski definition) is 0. The number of nitrogens with zero attached hydrogens (tertiary/aromatic N) is 4. The van der Waals surface area contributed by atoms with Crippen molar-refractivity contribution in [3.05, 3.63) is 71.3 Å². The number of piperidine rings is 1. The quantitative estimate of drug-likeness (QED) is 0.344. The molecule has 1 atom stereocenters. The van der Waals surface area contributed by atoms with Crippen LogP contribution in [0.4, 0.5) is 0 Å². The van der Waals surface area contributed by atoms with Gasteiger partial charge in [-0.2, -0.15) is 9.40 Å². The predicted octanol–water partition coefficient (Wildman–Crippen LogP) is 4.79. The Labute approximate surface area is 220 Å². The Kier molecular flexibility index (Phi) is 6.86. The molecule has 2 saturated heterocycles. The molecule has 0 N–H and O–H groups in total. The zero-order valence-corrected chi connectivity index (χ0v) is 22.4. The number of thioether (sulfide) groups is 1. The van der Waals surface area contributed by atoms with Crippen molar-refractivity contribution in [3.8, 4) is 16.9 Å². The molecule has 1 aromatic heterocycles. The van der Waals surface area contributed by atoms with Gasteiger partial charge in [-0.3, -0.25) is 9.69 Å². The number of hydrogen-bond acceptors (Lipinski definition) is 6. The lowest BCUT2D eigenvalue weighted by Crippen LogP contribution is -2.39. The molecule has 3 aromatic rings. The van der Waals surface area contributed by atoms with Crippen molar-refractivity contribution in [2.24, 2.45) is 5.92 Å². The summed E-state index contributed by atoms with van der Waals surface area (Å²) in [6.45, 7) is 3.14. The molecule has 186 valence electrons. The maximum absolute atomic E-state index is 13.4. The second kappa shape index (κ2) is 9.93. The van der Waals surface area contributed by atoms with Crippen LogP contribution in [0.1, 0.15) is 25.3 Å². The first-order chi connectivity index (χ1) is 17.2. The van der Waals surface area contributed by atoms with E-state index in [9.17, 15) is 13.2 Å². The Morgan fingerprint density at radius 1 is 1.14 bits per heavy atom. The van der Waals surface area contributed by atoms with Gasteiger partial charge >= 0.3 is 0 Å². The van der Waals surface area contributed by atoms with Gasteiger partial charge in [0.05, 0.1) is 15.5 Å². The molecule has 0 unspecified atom stereocenters. The number of thiocarbonyl (C=S) groups is 1. The van der Waals surface area contributed by atoms with Crippen LogP contribution in [0.25, 0.3) is 23.0 Å². The SMILES string of the molecule is C[C@H]1CCCN(S(=O)(=O)c2cccc(-c3nn(-c4ccccc4)cc3/C=C3\SC(=S)N(C)C3=O)c2)C1. The minimum Gasteiger partial charge on any atom is -0.296 e. The van der Waals surface area contributed by atoms with E-state index in [-0.39, 0.29) is 10.8 Å².